The van der Waals surface area contributed by atoms with Gasteiger partial charge in [0.2, 0.25) is 0 Å². The number of benzene rings is 1. The first-order valence-electron chi connectivity index (χ1n) is 10.3. The van der Waals surface area contributed by atoms with Crippen molar-refractivity contribution in [3.63, 3.8) is 0 Å². The number of nitrogens with two attached hydrogens (primary N) is 1. The van der Waals surface area contributed by atoms with E-state index in [1.165, 1.54) is 17.5 Å². The largest absolute Gasteiger partial charge is 0.394 e. The summed E-state index contributed by atoms with van der Waals surface area (Å²) in [6.07, 6.45) is -0.462. The SMILES string of the molecule is CC1CCc2ccccc2C1N1CN=c2c(ncn2[C@@H]2O[C@H](CO)[C@@H](O)[C@H]2O)=C1N. The molecule has 2 aliphatic heterocycles. The summed E-state index contributed by atoms with van der Waals surface area (Å²) in [5.41, 5.74) is 9.71. The molecule has 2 unspecified atom stereocenters. The predicted molar refractivity (Wildman–Crippen MR) is 107 cm³/mol. The molecule has 0 amide bonds. The Kier molecular flexibility index (Phi) is 4.78. The molecular weight excluding hydrogens is 386 g/mol. The fourth-order valence-corrected chi connectivity index (χ4v) is 4.95. The molecule has 0 saturated carbocycles. The third kappa shape index (κ3) is 2.84. The Morgan fingerprint density at radius 2 is 2.03 bits per heavy atom. The van der Waals surface area contributed by atoms with Crippen molar-refractivity contribution < 1.29 is 20.1 Å². The highest BCUT2D eigenvalue weighted by Gasteiger charge is 2.44. The quantitative estimate of drug-likeness (QED) is 0.494. The first-order chi connectivity index (χ1) is 14.5. The lowest BCUT2D eigenvalue weighted by atomic mass is 9.80. The molecule has 6 atom stereocenters. The van der Waals surface area contributed by atoms with E-state index in [1.54, 1.807) is 4.57 Å². The van der Waals surface area contributed by atoms with E-state index >= 15 is 0 Å². The van der Waals surface area contributed by atoms with E-state index in [1.807, 2.05) is 0 Å². The van der Waals surface area contributed by atoms with Crippen molar-refractivity contribution in [1.82, 2.24) is 14.5 Å². The van der Waals surface area contributed by atoms with Gasteiger partial charge in [-0.2, -0.15) is 0 Å². The monoisotopic (exact) mass is 413 g/mol. The van der Waals surface area contributed by atoms with Crippen LogP contribution in [0.1, 0.15) is 36.7 Å². The van der Waals surface area contributed by atoms with Gasteiger partial charge < -0.3 is 30.7 Å². The number of aliphatic hydroxyl groups excluding tert-OH is 3. The number of hydrogen-bond acceptors (Lipinski definition) is 8. The summed E-state index contributed by atoms with van der Waals surface area (Å²) in [4.78, 5) is 11.3. The molecule has 160 valence electrons. The van der Waals surface area contributed by atoms with Crippen LogP contribution in [0.25, 0.3) is 5.82 Å². The second kappa shape index (κ2) is 7.35. The Morgan fingerprint density at radius 3 is 2.80 bits per heavy atom. The summed E-state index contributed by atoms with van der Waals surface area (Å²) in [6, 6.07) is 8.58. The summed E-state index contributed by atoms with van der Waals surface area (Å²) < 4.78 is 7.22. The molecule has 0 bridgehead atoms. The number of ether oxygens (including phenoxy) is 1. The van der Waals surface area contributed by atoms with Gasteiger partial charge in [0.25, 0.3) is 0 Å². The average molecular weight is 413 g/mol. The Bertz CT molecular complexity index is 1070. The normalized spacial score (nSPS) is 33.2. The molecular formula is C21H27N5O4. The van der Waals surface area contributed by atoms with E-state index < -0.39 is 24.5 Å². The zero-order valence-electron chi connectivity index (χ0n) is 16.8. The molecule has 9 nitrogen and oxygen atoms in total. The Labute approximate surface area is 173 Å². The molecule has 1 fully saturated rings. The highest BCUT2D eigenvalue weighted by Crippen LogP contribution is 2.39. The molecule has 2 aromatic rings. The highest BCUT2D eigenvalue weighted by molar-refractivity contribution is 5.42. The molecule has 1 aromatic heterocycles. The van der Waals surface area contributed by atoms with E-state index in [9.17, 15) is 15.3 Å². The van der Waals surface area contributed by atoms with Crippen molar-refractivity contribution in [3.8, 4) is 0 Å². The summed E-state index contributed by atoms with van der Waals surface area (Å²) >= 11 is 0. The average Bonchev–Trinajstić information content (AvgIpc) is 3.30. The minimum Gasteiger partial charge on any atom is -0.394 e. The number of aryl methyl sites for hydroxylation is 1. The van der Waals surface area contributed by atoms with Crippen LogP contribution in [0.5, 0.6) is 0 Å². The van der Waals surface area contributed by atoms with Crippen LogP contribution < -0.4 is 16.6 Å². The minimum absolute atomic E-state index is 0.117. The summed E-state index contributed by atoms with van der Waals surface area (Å²) in [6.45, 7) is 2.22. The smallest absolute Gasteiger partial charge is 0.165 e. The van der Waals surface area contributed by atoms with Crippen molar-refractivity contribution in [3.05, 3.63) is 52.6 Å². The van der Waals surface area contributed by atoms with Crippen LogP contribution in [0.4, 0.5) is 0 Å². The van der Waals surface area contributed by atoms with E-state index in [0.717, 1.165) is 12.8 Å². The predicted octanol–water partition coefficient (Wildman–Crippen LogP) is -1.26. The topological polar surface area (TPSA) is 129 Å². The van der Waals surface area contributed by atoms with Crippen LogP contribution in [0, 0.1) is 5.92 Å². The van der Waals surface area contributed by atoms with E-state index in [4.69, 9.17) is 15.5 Å². The molecule has 9 heteroatoms. The van der Waals surface area contributed by atoms with Crippen molar-refractivity contribution in [2.45, 2.75) is 50.3 Å². The number of aromatic nitrogens is 2. The lowest BCUT2D eigenvalue weighted by molar-refractivity contribution is -0.0546. The van der Waals surface area contributed by atoms with Gasteiger partial charge in [0.1, 0.15) is 36.2 Å². The van der Waals surface area contributed by atoms with Crippen LogP contribution in [-0.4, -0.2) is 61.4 Å². The molecule has 30 heavy (non-hydrogen) atoms. The standard InChI is InChI=1S/C21H27N5O4/c1-11-6-7-12-4-2-3-5-13(12)16(11)25-10-24-20-15(19(25)22)23-9-26(20)21-18(29)17(28)14(8-27)30-21/h2-5,9,11,14,16-18,21,27-29H,6-8,10,22H2,1H3/t11?,14-,16?,17-,18-,21-/m1/s1. The maximum atomic E-state index is 10.4. The van der Waals surface area contributed by atoms with Crippen LogP contribution in [0.15, 0.2) is 35.6 Å². The third-order valence-electron chi connectivity index (χ3n) is 6.60. The first kappa shape index (κ1) is 19.5. The lowest BCUT2D eigenvalue weighted by Crippen LogP contribution is -2.49. The second-order valence-electron chi connectivity index (χ2n) is 8.37. The zero-order valence-corrected chi connectivity index (χ0v) is 16.8. The van der Waals surface area contributed by atoms with Gasteiger partial charge in [-0.05, 0) is 29.9 Å². The van der Waals surface area contributed by atoms with Gasteiger partial charge in [-0.15, -0.1) is 0 Å². The zero-order chi connectivity index (χ0) is 21.0. The van der Waals surface area contributed by atoms with E-state index in [2.05, 4.69) is 41.1 Å². The van der Waals surface area contributed by atoms with Gasteiger partial charge in [0.15, 0.2) is 11.7 Å². The maximum absolute atomic E-state index is 10.4. The van der Waals surface area contributed by atoms with Gasteiger partial charge in [0.05, 0.1) is 19.0 Å². The van der Waals surface area contributed by atoms with Crippen LogP contribution in [0.3, 0.4) is 0 Å². The lowest BCUT2D eigenvalue weighted by Gasteiger charge is -2.41. The van der Waals surface area contributed by atoms with Gasteiger partial charge in [0, 0.05) is 0 Å². The Balaban J connectivity index is 1.54. The summed E-state index contributed by atoms with van der Waals surface area (Å²) in [7, 11) is 0. The maximum Gasteiger partial charge on any atom is 0.165 e. The molecule has 5 rings (SSSR count). The van der Waals surface area contributed by atoms with Crippen molar-refractivity contribution in [2.24, 2.45) is 16.6 Å². The molecule has 5 N–H and O–H groups in total. The van der Waals surface area contributed by atoms with Gasteiger partial charge >= 0.3 is 0 Å². The van der Waals surface area contributed by atoms with Crippen molar-refractivity contribution in [2.75, 3.05) is 13.3 Å². The number of nitrogens with zero attached hydrogens (tertiary/aromatic N) is 4. The van der Waals surface area contributed by atoms with Gasteiger partial charge in [-0.3, -0.25) is 4.57 Å². The van der Waals surface area contributed by atoms with Gasteiger partial charge in [-0.1, -0.05) is 31.2 Å². The molecule has 3 aliphatic rings. The number of hydrogen-bond donors (Lipinski definition) is 4. The molecule has 1 saturated heterocycles. The van der Waals surface area contributed by atoms with Crippen LogP contribution in [0.2, 0.25) is 0 Å². The number of rotatable bonds is 3. The minimum atomic E-state index is -1.19. The Hall–Kier alpha value is -2.46. The van der Waals surface area contributed by atoms with E-state index in [-0.39, 0.29) is 12.6 Å². The highest BCUT2D eigenvalue weighted by atomic mass is 16.6. The van der Waals surface area contributed by atoms with E-state index in [0.29, 0.717) is 29.2 Å². The second-order valence-corrected chi connectivity index (χ2v) is 8.37. The van der Waals surface area contributed by atoms with Gasteiger partial charge in [-0.25, -0.2) is 9.98 Å². The Morgan fingerprint density at radius 1 is 1.23 bits per heavy atom. The number of imidazole rings is 1. The first-order valence-corrected chi connectivity index (χ1v) is 10.3. The third-order valence-corrected chi connectivity index (χ3v) is 6.60. The van der Waals surface area contributed by atoms with Crippen LogP contribution in [-0.2, 0) is 11.2 Å². The summed E-state index contributed by atoms with van der Waals surface area (Å²) in [5, 5.41) is 30.3. The number of aliphatic hydroxyl groups is 3. The fourth-order valence-electron chi connectivity index (χ4n) is 4.95. The molecule has 0 spiro atoms. The fraction of sp³-hybridized carbons (Fsp3) is 0.524. The molecule has 1 aliphatic carbocycles. The summed E-state index contributed by atoms with van der Waals surface area (Å²) in [5.74, 6) is 0.955. The number of fused-ring (bicyclic) bond motifs is 2. The van der Waals surface area contributed by atoms with Crippen LogP contribution >= 0.6 is 0 Å². The molecule has 1 aromatic carbocycles. The molecule has 0 radical (unpaired) electrons. The van der Waals surface area contributed by atoms with Crippen molar-refractivity contribution in [1.29, 1.82) is 0 Å². The van der Waals surface area contributed by atoms with Crippen molar-refractivity contribution >= 4 is 5.82 Å². The molecule has 3 heterocycles.